The monoisotopic (exact) mass is 205 g/mol. The normalized spacial score (nSPS) is 13.0. The Morgan fingerprint density at radius 3 is 2.62 bits per heavy atom. The van der Waals surface area contributed by atoms with E-state index < -0.39 is 6.04 Å². The van der Waals surface area contributed by atoms with Crippen molar-refractivity contribution in [2.45, 2.75) is 39.3 Å². The van der Waals surface area contributed by atoms with Crippen molar-refractivity contribution in [1.29, 1.82) is 0 Å². The van der Waals surface area contributed by atoms with Crippen LogP contribution in [0, 0.1) is 0 Å². The Morgan fingerprint density at radius 2 is 2.15 bits per heavy atom. The second-order valence-corrected chi connectivity index (χ2v) is 4.47. The predicted octanol–water partition coefficient (Wildman–Crippen LogP) is 1.41. The lowest BCUT2D eigenvalue weighted by atomic mass is 10.2. The summed E-state index contributed by atoms with van der Waals surface area (Å²) in [5.41, 5.74) is 5.62. The van der Waals surface area contributed by atoms with E-state index in [9.17, 15) is 4.79 Å². The lowest BCUT2D eigenvalue weighted by molar-refractivity contribution is -0.149. The summed E-state index contributed by atoms with van der Waals surface area (Å²) in [6, 6.07) is -0.457. The first-order chi connectivity index (χ1) is 6.07. The van der Waals surface area contributed by atoms with Gasteiger partial charge in [-0.1, -0.05) is 6.92 Å². The number of carbonyl (C=O) groups excluding carboxylic acids is 1. The quantitative estimate of drug-likeness (QED) is 0.526. The number of hydrogen-bond acceptors (Lipinski definition) is 4. The van der Waals surface area contributed by atoms with Crippen LogP contribution in [0.2, 0.25) is 0 Å². The highest BCUT2D eigenvalue weighted by atomic mass is 32.2. The Morgan fingerprint density at radius 1 is 1.54 bits per heavy atom. The predicted molar refractivity (Wildman–Crippen MR) is 56.8 cm³/mol. The Labute approximate surface area is 84.4 Å². The molecule has 0 aliphatic heterocycles. The second kappa shape index (κ2) is 7.21. The third kappa shape index (κ3) is 6.90. The van der Waals surface area contributed by atoms with E-state index in [-0.39, 0.29) is 12.1 Å². The van der Waals surface area contributed by atoms with Gasteiger partial charge in [0.1, 0.15) is 6.04 Å². The Bertz CT molecular complexity index is 151. The van der Waals surface area contributed by atoms with Gasteiger partial charge in [-0.2, -0.15) is 11.8 Å². The van der Waals surface area contributed by atoms with Gasteiger partial charge in [0.15, 0.2) is 0 Å². The fourth-order valence-corrected chi connectivity index (χ4v) is 1.50. The van der Waals surface area contributed by atoms with Gasteiger partial charge in [0, 0.05) is 0 Å². The maximum absolute atomic E-state index is 11.2. The summed E-state index contributed by atoms with van der Waals surface area (Å²) in [6.07, 6.45) is 0.627. The van der Waals surface area contributed by atoms with Crippen LogP contribution in [0.1, 0.15) is 27.2 Å². The van der Waals surface area contributed by atoms with Crippen molar-refractivity contribution in [1.82, 2.24) is 0 Å². The van der Waals surface area contributed by atoms with Crippen LogP contribution in [0.25, 0.3) is 0 Å². The Hall–Kier alpha value is -0.220. The summed E-state index contributed by atoms with van der Waals surface area (Å²) in [5.74, 6) is 1.70. The van der Waals surface area contributed by atoms with Gasteiger partial charge >= 0.3 is 5.97 Å². The molecule has 0 aliphatic carbocycles. The zero-order chi connectivity index (χ0) is 10.3. The maximum atomic E-state index is 11.2. The van der Waals surface area contributed by atoms with Crippen LogP contribution in [0.3, 0.4) is 0 Å². The van der Waals surface area contributed by atoms with Crippen molar-refractivity contribution in [2.24, 2.45) is 5.73 Å². The van der Waals surface area contributed by atoms with Crippen LogP contribution in [-0.4, -0.2) is 29.6 Å². The number of thioether (sulfide) groups is 1. The van der Waals surface area contributed by atoms with Gasteiger partial charge in [0.05, 0.1) is 6.10 Å². The molecule has 0 aliphatic rings. The van der Waals surface area contributed by atoms with E-state index in [1.165, 1.54) is 0 Å². The summed E-state index contributed by atoms with van der Waals surface area (Å²) < 4.78 is 4.97. The molecule has 0 amide bonds. The highest BCUT2D eigenvalue weighted by Gasteiger charge is 2.15. The lowest BCUT2D eigenvalue weighted by Gasteiger charge is -2.13. The van der Waals surface area contributed by atoms with Crippen molar-refractivity contribution in [3.63, 3.8) is 0 Å². The number of rotatable bonds is 6. The zero-order valence-electron chi connectivity index (χ0n) is 8.58. The van der Waals surface area contributed by atoms with Crippen LogP contribution in [0.4, 0.5) is 0 Å². The largest absolute Gasteiger partial charge is 0.462 e. The molecular formula is C9H19NO2S. The molecule has 1 atom stereocenters. The molecule has 0 aromatic rings. The average molecular weight is 205 g/mol. The van der Waals surface area contributed by atoms with Crippen LogP contribution in [0.15, 0.2) is 0 Å². The van der Waals surface area contributed by atoms with Gasteiger partial charge in [-0.15, -0.1) is 0 Å². The number of carbonyl (C=O) groups is 1. The number of ether oxygens (including phenoxy) is 1. The van der Waals surface area contributed by atoms with E-state index in [0.717, 1.165) is 11.5 Å². The van der Waals surface area contributed by atoms with Gasteiger partial charge in [-0.05, 0) is 31.8 Å². The summed E-state index contributed by atoms with van der Waals surface area (Å²) >= 11 is 1.78. The Kier molecular flexibility index (Phi) is 7.09. The van der Waals surface area contributed by atoms with Crippen molar-refractivity contribution in [3.05, 3.63) is 0 Å². The van der Waals surface area contributed by atoms with Gasteiger partial charge < -0.3 is 10.5 Å². The highest BCUT2D eigenvalue weighted by Crippen LogP contribution is 2.04. The van der Waals surface area contributed by atoms with E-state index in [1.54, 1.807) is 11.8 Å². The molecule has 3 nitrogen and oxygen atoms in total. The van der Waals surface area contributed by atoms with E-state index >= 15 is 0 Å². The van der Waals surface area contributed by atoms with Crippen molar-refractivity contribution < 1.29 is 9.53 Å². The number of esters is 1. The van der Waals surface area contributed by atoms with E-state index in [0.29, 0.717) is 6.42 Å². The molecule has 0 rings (SSSR count). The minimum absolute atomic E-state index is 0.0719. The fourth-order valence-electron chi connectivity index (χ4n) is 0.792. The van der Waals surface area contributed by atoms with Gasteiger partial charge in [0.25, 0.3) is 0 Å². The first kappa shape index (κ1) is 12.8. The molecule has 4 heteroatoms. The molecule has 0 radical (unpaired) electrons. The molecule has 0 saturated heterocycles. The smallest absolute Gasteiger partial charge is 0.323 e. The molecule has 13 heavy (non-hydrogen) atoms. The highest BCUT2D eigenvalue weighted by molar-refractivity contribution is 7.99. The SMILES string of the molecule is CCSCC[C@H](N)C(=O)OC(C)C. The van der Waals surface area contributed by atoms with Crippen molar-refractivity contribution in [3.8, 4) is 0 Å². The van der Waals surface area contributed by atoms with Gasteiger partial charge in [-0.3, -0.25) is 4.79 Å². The zero-order valence-corrected chi connectivity index (χ0v) is 9.39. The standard InChI is InChI=1S/C9H19NO2S/c1-4-13-6-5-8(10)9(11)12-7(2)3/h7-8H,4-6,10H2,1-3H3/t8-/m0/s1. The van der Waals surface area contributed by atoms with E-state index in [1.807, 2.05) is 13.8 Å². The summed E-state index contributed by atoms with van der Waals surface area (Å²) in [7, 11) is 0. The number of hydrogen-bond donors (Lipinski definition) is 1. The van der Waals surface area contributed by atoms with Crippen LogP contribution in [-0.2, 0) is 9.53 Å². The number of nitrogens with two attached hydrogens (primary N) is 1. The Balaban J connectivity index is 3.57. The molecule has 0 aromatic carbocycles. The third-order valence-electron chi connectivity index (χ3n) is 1.43. The molecule has 0 aromatic heterocycles. The fraction of sp³-hybridized carbons (Fsp3) is 0.889. The summed E-state index contributed by atoms with van der Waals surface area (Å²) in [5, 5.41) is 0. The minimum atomic E-state index is -0.457. The van der Waals surface area contributed by atoms with E-state index in [2.05, 4.69) is 6.92 Å². The molecule has 0 heterocycles. The van der Waals surface area contributed by atoms with Gasteiger partial charge in [0.2, 0.25) is 0 Å². The molecule has 0 fully saturated rings. The third-order valence-corrected chi connectivity index (χ3v) is 2.36. The molecule has 78 valence electrons. The molecule has 0 spiro atoms. The van der Waals surface area contributed by atoms with Crippen molar-refractivity contribution in [2.75, 3.05) is 11.5 Å². The lowest BCUT2D eigenvalue weighted by Crippen LogP contribution is -2.34. The molecule has 0 saturated carbocycles. The maximum Gasteiger partial charge on any atom is 0.323 e. The molecule has 0 bridgehead atoms. The average Bonchev–Trinajstić information content (AvgIpc) is 2.03. The van der Waals surface area contributed by atoms with Crippen LogP contribution < -0.4 is 5.73 Å². The van der Waals surface area contributed by atoms with Gasteiger partial charge in [-0.25, -0.2) is 0 Å². The topological polar surface area (TPSA) is 52.3 Å². The second-order valence-electron chi connectivity index (χ2n) is 3.08. The summed E-state index contributed by atoms with van der Waals surface area (Å²) in [6.45, 7) is 5.74. The molecule has 2 N–H and O–H groups in total. The first-order valence-corrected chi connectivity index (χ1v) is 5.77. The van der Waals surface area contributed by atoms with Crippen molar-refractivity contribution >= 4 is 17.7 Å². The van der Waals surface area contributed by atoms with E-state index in [4.69, 9.17) is 10.5 Å². The summed E-state index contributed by atoms with van der Waals surface area (Å²) in [4.78, 5) is 11.2. The molecular weight excluding hydrogens is 186 g/mol. The first-order valence-electron chi connectivity index (χ1n) is 4.61. The molecule has 0 unspecified atom stereocenters. The minimum Gasteiger partial charge on any atom is -0.462 e. The van der Waals surface area contributed by atoms with Crippen LogP contribution >= 0.6 is 11.8 Å². The van der Waals surface area contributed by atoms with Crippen LogP contribution in [0.5, 0.6) is 0 Å².